The molecule has 7 heteroatoms. The first-order valence-electron chi connectivity index (χ1n) is 4.63. The highest BCUT2D eigenvalue weighted by molar-refractivity contribution is 8.01. The third-order valence-electron chi connectivity index (χ3n) is 1.77. The Morgan fingerprint density at radius 1 is 1.67 bits per heavy atom. The molecule has 1 amide bonds. The monoisotopic (exact) mass is 246 g/mol. The fraction of sp³-hybridized carbons (Fsp3) is 0.625. The zero-order chi connectivity index (χ0) is 11.3. The van der Waals surface area contributed by atoms with Gasteiger partial charge in [0.1, 0.15) is 0 Å². The summed E-state index contributed by atoms with van der Waals surface area (Å²) in [5, 5.41) is 10.8. The van der Waals surface area contributed by atoms with Crippen molar-refractivity contribution in [3.63, 3.8) is 0 Å². The highest BCUT2D eigenvalue weighted by Gasteiger charge is 2.08. The van der Waals surface area contributed by atoms with Gasteiger partial charge in [0, 0.05) is 6.04 Å². The van der Waals surface area contributed by atoms with Gasteiger partial charge in [0.25, 0.3) is 0 Å². The number of rotatable bonds is 5. The minimum atomic E-state index is 0.0168. The standard InChI is InChI=1S/C8H14N4OS2/c1-3-5(2)10-6(13)4-14-8-12-11-7(9)15-8/h5H,3-4H2,1-2H3,(H2,9,11)(H,10,13)/t5-/m1/s1. The van der Waals surface area contributed by atoms with Crippen LogP contribution < -0.4 is 11.1 Å². The van der Waals surface area contributed by atoms with Crippen LogP contribution in [0.3, 0.4) is 0 Å². The summed E-state index contributed by atoms with van der Waals surface area (Å²) < 4.78 is 0.729. The van der Waals surface area contributed by atoms with Crippen molar-refractivity contribution >= 4 is 34.1 Å². The van der Waals surface area contributed by atoms with E-state index in [4.69, 9.17) is 5.73 Å². The molecule has 0 saturated heterocycles. The molecule has 0 aliphatic rings. The van der Waals surface area contributed by atoms with Crippen LogP contribution in [-0.4, -0.2) is 27.9 Å². The van der Waals surface area contributed by atoms with Gasteiger partial charge in [-0.15, -0.1) is 10.2 Å². The zero-order valence-corrected chi connectivity index (χ0v) is 10.3. The van der Waals surface area contributed by atoms with Crippen LogP contribution in [-0.2, 0) is 4.79 Å². The van der Waals surface area contributed by atoms with Crippen molar-refractivity contribution in [2.45, 2.75) is 30.6 Å². The van der Waals surface area contributed by atoms with Crippen LogP contribution in [0, 0.1) is 0 Å². The van der Waals surface area contributed by atoms with Crippen LogP contribution >= 0.6 is 23.1 Å². The fourth-order valence-corrected chi connectivity index (χ4v) is 2.27. The predicted molar refractivity (Wildman–Crippen MR) is 62.9 cm³/mol. The van der Waals surface area contributed by atoms with Gasteiger partial charge in [0.05, 0.1) is 5.75 Å². The molecule has 0 bridgehead atoms. The van der Waals surface area contributed by atoms with E-state index in [-0.39, 0.29) is 11.9 Å². The molecule has 0 aliphatic carbocycles. The predicted octanol–water partition coefficient (Wildman–Crippen LogP) is 1.13. The quantitative estimate of drug-likeness (QED) is 0.761. The summed E-state index contributed by atoms with van der Waals surface area (Å²) in [4.78, 5) is 11.4. The Bertz CT molecular complexity index is 328. The van der Waals surface area contributed by atoms with Gasteiger partial charge in [-0.3, -0.25) is 4.79 Å². The van der Waals surface area contributed by atoms with Gasteiger partial charge in [-0.1, -0.05) is 30.0 Å². The number of amides is 1. The molecule has 0 aliphatic heterocycles. The third-order valence-corrected chi connectivity index (χ3v) is 3.65. The number of nitrogens with one attached hydrogen (secondary N) is 1. The minimum absolute atomic E-state index is 0.0168. The molecule has 1 aromatic heterocycles. The average Bonchev–Trinajstić information content (AvgIpc) is 2.61. The molecule has 0 fully saturated rings. The van der Waals surface area contributed by atoms with Gasteiger partial charge < -0.3 is 11.1 Å². The second-order valence-electron chi connectivity index (χ2n) is 3.07. The summed E-state index contributed by atoms with van der Waals surface area (Å²) in [6.07, 6.45) is 0.933. The first-order chi connectivity index (χ1) is 7.11. The average molecular weight is 246 g/mol. The summed E-state index contributed by atoms with van der Waals surface area (Å²) in [6.45, 7) is 4.01. The lowest BCUT2D eigenvalue weighted by Crippen LogP contribution is -2.33. The molecule has 1 atom stereocenters. The summed E-state index contributed by atoms with van der Waals surface area (Å²) in [5.41, 5.74) is 5.42. The van der Waals surface area contributed by atoms with Crippen LogP contribution in [0.5, 0.6) is 0 Å². The molecule has 84 valence electrons. The normalized spacial score (nSPS) is 12.4. The van der Waals surface area contributed by atoms with Crippen LogP contribution in [0.25, 0.3) is 0 Å². The van der Waals surface area contributed by atoms with Crippen molar-refractivity contribution in [3.8, 4) is 0 Å². The molecule has 1 aromatic rings. The van der Waals surface area contributed by atoms with E-state index >= 15 is 0 Å². The molecule has 3 N–H and O–H groups in total. The summed E-state index contributed by atoms with van der Waals surface area (Å²) in [7, 11) is 0. The maximum Gasteiger partial charge on any atom is 0.230 e. The number of nitrogens with zero attached hydrogens (tertiary/aromatic N) is 2. The summed E-state index contributed by atoms with van der Waals surface area (Å²) in [5.74, 6) is 0.377. The Balaban J connectivity index is 2.28. The van der Waals surface area contributed by atoms with E-state index in [9.17, 15) is 4.79 Å². The van der Waals surface area contributed by atoms with Crippen molar-refractivity contribution in [1.82, 2.24) is 15.5 Å². The van der Waals surface area contributed by atoms with Gasteiger partial charge in [-0.25, -0.2) is 0 Å². The number of hydrogen-bond donors (Lipinski definition) is 2. The van der Waals surface area contributed by atoms with Crippen molar-refractivity contribution in [1.29, 1.82) is 0 Å². The first-order valence-corrected chi connectivity index (χ1v) is 6.43. The van der Waals surface area contributed by atoms with Crippen LogP contribution in [0.2, 0.25) is 0 Å². The number of anilines is 1. The summed E-state index contributed by atoms with van der Waals surface area (Å²) >= 11 is 2.65. The zero-order valence-electron chi connectivity index (χ0n) is 8.69. The topological polar surface area (TPSA) is 80.9 Å². The SMILES string of the molecule is CC[C@@H](C)NC(=O)CSc1nnc(N)s1. The number of aromatic nitrogens is 2. The molecule has 0 spiro atoms. The molecule has 0 unspecified atom stereocenters. The van der Waals surface area contributed by atoms with E-state index in [2.05, 4.69) is 15.5 Å². The minimum Gasteiger partial charge on any atom is -0.374 e. The molecule has 1 heterocycles. The number of carbonyl (C=O) groups excluding carboxylic acids is 1. The first kappa shape index (κ1) is 12.3. The van der Waals surface area contributed by atoms with Crippen LogP contribution in [0.15, 0.2) is 4.34 Å². The van der Waals surface area contributed by atoms with Crippen molar-refractivity contribution in [2.24, 2.45) is 0 Å². The molecule has 15 heavy (non-hydrogen) atoms. The molecule has 0 saturated carbocycles. The van der Waals surface area contributed by atoms with Crippen molar-refractivity contribution in [3.05, 3.63) is 0 Å². The van der Waals surface area contributed by atoms with E-state index in [0.717, 1.165) is 10.8 Å². The number of nitrogen functional groups attached to an aromatic ring is 1. The van der Waals surface area contributed by atoms with E-state index in [1.807, 2.05) is 13.8 Å². The Hall–Kier alpha value is -0.820. The van der Waals surface area contributed by atoms with E-state index in [1.165, 1.54) is 23.1 Å². The molecule has 0 aromatic carbocycles. The van der Waals surface area contributed by atoms with E-state index < -0.39 is 0 Å². The lowest BCUT2D eigenvalue weighted by molar-refractivity contribution is -0.119. The Kier molecular flexibility index (Phi) is 4.83. The maximum atomic E-state index is 11.4. The molecule has 0 radical (unpaired) electrons. The van der Waals surface area contributed by atoms with Gasteiger partial charge in [-0.05, 0) is 13.3 Å². The molecule has 1 rings (SSSR count). The summed E-state index contributed by atoms with van der Waals surface area (Å²) in [6, 6.07) is 0.220. The highest BCUT2D eigenvalue weighted by Crippen LogP contribution is 2.22. The van der Waals surface area contributed by atoms with Gasteiger partial charge in [0.15, 0.2) is 4.34 Å². The largest absolute Gasteiger partial charge is 0.374 e. The van der Waals surface area contributed by atoms with E-state index in [1.54, 1.807) is 0 Å². The Labute approximate surface area is 96.8 Å². The van der Waals surface area contributed by atoms with Crippen molar-refractivity contribution < 1.29 is 4.79 Å². The lowest BCUT2D eigenvalue weighted by Gasteiger charge is -2.09. The Morgan fingerprint density at radius 2 is 2.40 bits per heavy atom. The van der Waals surface area contributed by atoms with Gasteiger partial charge in [0.2, 0.25) is 11.0 Å². The number of carbonyl (C=O) groups is 1. The third kappa shape index (κ3) is 4.48. The molecular weight excluding hydrogens is 232 g/mol. The molecular formula is C8H14N4OS2. The van der Waals surface area contributed by atoms with Crippen LogP contribution in [0.1, 0.15) is 20.3 Å². The maximum absolute atomic E-state index is 11.4. The smallest absolute Gasteiger partial charge is 0.230 e. The number of thioether (sulfide) groups is 1. The van der Waals surface area contributed by atoms with Gasteiger partial charge in [-0.2, -0.15) is 0 Å². The van der Waals surface area contributed by atoms with E-state index in [0.29, 0.717) is 10.9 Å². The highest BCUT2D eigenvalue weighted by atomic mass is 32.2. The van der Waals surface area contributed by atoms with Crippen molar-refractivity contribution in [2.75, 3.05) is 11.5 Å². The number of nitrogens with two attached hydrogens (primary N) is 1. The lowest BCUT2D eigenvalue weighted by atomic mass is 10.3. The number of hydrogen-bond acceptors (Lipinski definition) is 6. The fourth-order valence-electron chi connectivity index (χ4n) is 0.825. The Morgan fingerprint density at radius 3 is 2.93 bits per heavy atom. The second kappa shape index (κ2) is 5.92. The van der Waals surface area contributed by atoms with Gasteiger partial charge >= 0.3 is 0 Å². The van der Waals surface area contributed by atoms with Crippen LogP contribution in [0.4, 0.5) is 5.13 Å². The molecule has 5 nitrogen and oxygen atoms in total. The second-order valence-corrected chi connectivity index (χ2v) is 5.30.